The first kappa shape index (κ1) is 25.8. The molecule has 1 aromatic heterocycles. The summed E-state index contributed by atoms with van der Waals surface area (Å²) in [7, 11) is 0. The lowest BCUT2D eigenvalue weighted by molar-refractivity contribution is 0.443. The lowest BCUT2D eigenvalue weighted by Gasteiger charge is -2.33. The Morgan fingerprint density at radius 3 is 2.07 bits per heavy atom. The minimum absolute atomic E-state index is 0.0357. The first-order valence-corrected chi connectivity index (χ1v) is 15.4. The van der Waals surface area contributed by atoms with Crippen molar-refractivity contribution in [1.82, 2.24) is 15.6 Å². The van der Waals surface area contributed by atoms with Crippen LogP contribution < -0.4 is 10.6 Å². The Labute approximate surface area is 260 Å². The molecule has 2 atom stereocenters. The molecular weight excluding hydrogens is 550 g/mol. The zero-order valence-electron chi connectivity index (χ0n) is 24.4. The molecule has 2 N–H and O–H groups in total. The molecular formula is C41H29N3O. The molecule has 1 aliphatic heterocycles. The number of hydrogen-bond donors (Lipinski definition) is 2. The van der Waals surface area contributed by atoms with E-state index in [2.05, 4.69) is 126 Å². The van der Waals surface area contributed by atoms with Gasteiger partial charge in [0.05, 0.1) is 6.04 Å². The maximum absolute atomic E-state index is 6.44. The van der Waals surface area contributed by atoms with Gasteiger partial charge in [-0.15, -0.1) is 0 Å². The lowest BCUT2D eigenvalue weighted by atomic mass is 9.95. The van der Waals surface area contributed by atoms with Crippen LogP contribution in [-0.2, 0) is 0 Å². The molecule has 2 heterocycles. The van der Waals surface area contributed by atoms with Crippen LogP contribution >= 0.6 is 0 Å². The van der Waals surface area contributed by atoms with Crippen LogP contribution in [0.3, 0.4) is 0 Å². The SMILES string of the molecule is C1=C(c2ccccc2)NC(c2ccc3c(ccc4ccc5nc(-c6ccccc6)oc5c43)c2)NC1c1ccc2ccccc2c1. The summed E-state index contributed by atoms with van der Waals surface area (Å²) in [5.74, 6) is 0.641. The summed E-state index contributed by atoms with van der Waals surface area (Å²) < 4.78 is 6.44. The number of nitrogens with one attached hydrogen (secondary N) is 2. The van der Waals surface area contributed by atoms with Crippen LogP contribution in [-0.4, -0.2) is 4.98 Å². The van der Waals surface area contributed by atoms with E-state index in [9.17, 15) is 0 Å². The van der Waals surface area contributed by atoms with E-state index >= 15 is 0 Å². The van der Waals surface area contributed by atoms with Gasteiger partial charge in [-0.05, 0) is 80.0 Å². The van der Waals surface area contributed by atoms with Gasteiger partial charge < -0.3 is 9.73 Å². The van der Waals surface area contributed by atoms with Crippen LogP contribution in [0.5, 0.6) is 0 Å². The number of fused-ring (bicyclic) bond motifs is 6. The molecule has 45 heavy (non-hydrogen) atoms. The molecule has 8 aromatic rings. The van der Waals surface area contributed by atoms with E-state index in [4.69, 9.17) is 9.40 Å². The van der Waals surface area contributed by atoms with Crippen molar-refractivity contribution in [3.63, 3.8) is 0 Å². The number of hydrogen-bond acceptors (Lipinski definition) is 4. The molecule has 0 fully saturated rings. The number of rotatable bonds is 4. The van der Waals surface area contributed by atoms with E-state index in [0.717, 1.165) is 43.9 Å². The van der Waals surface area contributed by atoms with Crippen molar-refractivity contribution in [2.45, 2.75) is 12.2 Å². The highest BCUT2D eigenvalue weighted by Gasteiger charge is 2.25. The minimum Gasteiger partial charge on any atom is -0.435 e. The van der Waals surface area contributed by atoms with Crippen molar-refractivity contribution in [3.8, 4) is 11.5 Å². The second kappa shape index (κ2) is 10.5. The molecule has 0 radical (unpaired) electrons. The predicted octanol–water partition coefficient (Wildman–Crippen LogP) is 9.93. The normalized spacial score (nSPS) is 16.7. The summed E-state index contributed by atoms with van der Waals surface area (Å²) in [6.07, 6.45) is 2.21. The van der Waals surface area contributed by atoms with Crippen molar-refractivity contribution >= 4 is 49.1 Å². The summed E-state index contributed by atoms with van der Waals surface area (Å²) in [5, 5.41) is 14.7. The molecule has 214 valence electrons. The highest BCUT2D eigenvalue weighted by atomic mass is 16.3. The molecule has 4 heteroatoms. The molecule has 2 unspecified atom stereocenters. The van der Waals surface area contributed by atoms with Crippen LogP contribution in [0.2, 0.25) is 0 Å². The van der Waals surface area contributed by atoms with Gasteiger partial charge in [-0.2, -0.15) is 0 Å². The summed E-state index contributed by atoms with van der Waals surface area (Å²) >= 11 is 0. The fourth-order valence-corrected chi connectivity index (χ4v) is 6.64. The molecule has 0 saturated heterocycles. The maximum Gasteiger partial charge on any atom is 0.227 e. The van der Waals surface area contributed by atoms with E-state index in [0.29, 0.717) is 5.89 Å². The van der Waals surface area contributed by atoms with Gasteiger partial charge in [0.15, 0.2) is 5.58 Å². The fraction of sp³-hybridized carbons (Fsp3) is 0.0488. The van der Waals surface area contributed by atoms with Crippen molar-refractivity contribution in [2.75, 3.05) is 0 Å². The Bertz CT molecular complexity index is 2390. The van der Waals surface area contributed by atoms with Crippen LogP contribution in [0.15, 0.2) is 156 Å². The van der Waals surface area contributed by atoms with E-state index < -0.39 is 0 Å². The van der Waals surface area contributed by atoms with Gasteiger partial charge in [0.2, 0.25) is 5.89 Å². The fourth-order valence-electron chi connectivity index (χ4n) is 6.64. The zero-order valence-corrected chi connectivity index (χ0v) is 24.4. The Hall–Kier alpha value is -5.71. The molecule has 9 rings (SSSR count). The Balaban J connectivity index is 1.14. The smallest absolute Gasteiger partial charge is 0.227 e. The first-order valence-electron chi connectivity index (χ1n) is 15.4. The van der Waals surface area contributed by atoms with Crippen molar-refractivity contribution < 1.29 is 4.42 Å². The van der Waals surface area contributed by atoms with Crippen LogP contribution in [0.4, 0.5) is 0 Å². The standard InChI is InChI=1S/C41H29N3O/c1-3-10-27(11-4-1)36-25-37(32-18-15-26-9-7-8-14-30(26)23-32)43-40(42-36)33-19-21-34-31(24-33)17-16-28-20-22-35-39(38(28)34)45-41(44-35)29-12-5-2-6-13-29/h1-25,37,40,42-43H. The second-order valence-corrected chi connectivity index (χ2v) is 11.7. The number of nitrogens with zero attached hydrogens (tertiary/aromatic N) is 1. The molecule has 0 aliphatic carbocycles. The Morgan fingerprint density at radius 2 is 1.22 bits per heavy atom. The Kier molecular flexibility index (Phi) is 6.00. The van der Waals surface area contributed by atoms with E-state index in [1.165, 1.54) is 27.5 Å². The molecule has 1 aliphatic rings. The summed E-state index contributed by atoms with van der Waals surface area (Å²) in [5.41, 5.74) is 7.36. The zero-order chi connectivity index (χ0) is 29.7. The summed E-state index contributed by atoms with van der Waals surface area (Å²) in [4.78, 5) is 4.83. The highest BCUT2D eigenvalue weighted by Crippen LogP contribution is 2.37. The number of benzene rings is 7. The molecule has 0 spiro atoms. The van der Waals surface area contributed by atoms with Gasteiger partial charge in [-0.3, -0.25) is 5.32 Å². The molecule has 7 aromatic carbocycles. The van der Waals surface area contributed by atoms with Gasteiger partial charge in [-0.1, -0.05) is 115 Å². The topological polar surface area (TPSA) is 50.1 Å². The van der Waals surface area contributed by atoms with E-state index in [-0.39, 0.29) is 12.2 Å². The first-order chi connectivity index (χ1) is 22.3. The molecule has 0 bridgehead atoms. The Morgan fingerprint density at radius 1 is 0.556 bits per heavy atom. The van der Waals surface area contributed by atoms with Crippen LogP contribution in [0.25, 0.3) is 60.6 Å². The molecule has 4 nitrogen and oxygen atoms in total. The van der Waals surface area contributed by atoms with Gasteiger partial charge >= 0.3 is 0 Å². The quantitative estimate of drug-likeness (QED) is 0.204. The third kappa shape index (κ3) is 4.55. The second-order valence-electron chi connectivity index (χ2n) is 11.7. The maximum atomic E-state index is 6.44. The lowest BCUT2D eigenvalue weighted by Crippen LogP contribution is -2.39. The van der Waals surface area contributed by atoms with E-state index in [1.54, 1.807) is 0 Å². The average Bonchev–Trinajstić information content (AvgIpc) is 3.56. The largest absolute Gasteiger partial charge is 0.435 e. The third-order valence-electron chi connectivity index (χ3n) is 8.93. The van der Waals surface area contributed by atoms with Crippen molar-refractivity contribution in [2.24, 2.45) is 0 Å². The highest BCUT2D eigenvalue weighted by molar-refractivity contribution is 6.18. The monoisotopic (exact) mass is 579 g/mol. The minimum atomic E-state index is -0.0903. The van der Waals surface area contributed by atoms with E-state index in [1.807, 2.05) is 36.4 Å². The van der Waals surface area contributed by atoms with Gasteiger partial charge in [-0.25, -0.2) is 4.98 Å². The number of aromatic nitrogens is 1. The summed E-state index contributed by atoms with van der Waals surface area (Å²) in [6.45, 7) is 0. The average molecular weight is 580 g/mol. The van der Waals surface area contributed by atoms with Gasteiger partial charge in [0.1, 0.15) is 11.7 Å². The summed E-state index contributed by atoms with van der Waals surface area (Å²) in [6, 6.07) is 51.3. The van der Waals surface area contributed by atoms with Gasteiger partial charge in [0.25, 0.3) is 0 Å². The van der Waals surface area contributed by atoms with Crippen LogP contribution in [0, 0.1) is 0 Å². The molecule has 0 amide bonds. The third-order valence-corrected chi connectivity index (χ3v) is 8.93. The van der Waals surface area contributed by atoms with Gasteiger partial charge in [0, 0.05) is 16.6 Å². The van der Waals surface area contributed by atoms with Crippen molar-refractivity contribution in [1.29, 1.82) is 0 Å². The van der Waals surface area contributed by atoms with Crippen molar-refractivity contribution in [3.05, 3.63) is 168 Å². The molecule has 0 saturated carbocycles. The number of oxazole rings is 1. The van der Waals surface area contributed by atoms with Crippen LogP contribution in [0.1, 0.15) is 28.9 Å². The predicted molar refractivity (Wildman–Crippen MR) is 185 cm³/mol.